The van der Waals surface area contributed by atoms with Crippen molar-refractivity contribution >= 4 is 28.3 Å². The zero-order valence-electron chi connectivity index (χ0n) is 20.7. The van der Waals surface area contributed by atoms with Crippen molar-refractivity contribution in [1.82, 2.24) is 24.6 Å². The molecular formula is C26H27F4N7O. The number of alkyl halides is 4. The van der Waals surface area contributed by atoms with Crippen molar-refractivity contribution in [1.29, 1.82) is 0 Å². The number of aromatic nitrogens is 5. The van der Waals surface area contributed by atoms with Crippen LogP contribution in [-0.4, -0.2) is 60.6 Å². The van der Waals surface area contributed by atoms with Gasteiger partial charge < -0.3 is 15.3 Å². The first-order chi connectivity index (χ1) is 18.1. The lowest BCUT2D eigenvalue weighted by molar-refractivity contribution is -0.140. The first-order valence-corrected chi connectivity index (χ1v) is 12.7. The van der Waals surface area contributed by atoms with E-state index in [1.54, 1.807) is 24.3 Å². The van der Waals surface area contributed by atoms with Gasteiger partial charge in [0, 0.05) is 24.7 Å². The van der Waals surface area contributed by atoms with Gasteiger partial charge in [-0.15, -0.1) is 0 Å². The fraction of sp³-hybridized carbons (Fsp3) is 0.462. The van der Waals surface area contributed by atoms with Gasteiger partial charge in [0.25, 0.3) is 0 Å². The molecule has 2 aliphatic rings. The number of hydrogen-bond acceptors (Lipinski definition) is 7. The van der Waals surface area contributed by atoms with Gasteiger partial charge in [-0.2, -0.15) is 22.8 Å². The number of para-hydroxylation sites is 2. The van der Waals surface area contributed by atoms with E-state index < -0.39 is 23.6 Å². The van der Waals surface area contributed by atoms with Gasteiger partial charge in [0.15, 0.2) is 11.3 Å². The van der Waals surface area contributed by atoms with Gasteiger partial charge in [-0.05, 0) is 51.2 Å². The predicted molar refractivity (Wildman–Crippen MR) is 135 cm³/mol. The molecule has 4 aromatic rings. The Labute approximate surface area is 215 Å². The summed E-state index contributed by atoms with van der Waals surface area (Å²) in [7, 11) is 0. The van der Waals surface area contributed by atoms with Crippen molar-refractivity contribution in [3.8, 4) is 11.4 Å². The van der Waals surface area contributed by atoms with Crippen LogP contribution in [0.25, 0.3) is 28.1 Å². The zero-order chi connectivity index (χ0) is 26.7. The number of nitrogens with zero attached hydrogens (tertiary/aromatic N) is 6. The molecule has 12 heteroatoms. The maximum absolute atomic E-state index is 14.0. The summed E-state index contributed by atoms with van der Waals surface area (Å²) in [6.45, 7) is 2.51. The Morgan fingerprint density at radius 3 is 2.39 bits per heavy atom. The van der Waals surface area contributed by atoms with Crippen molar-refractivity contribution in [3.05, 3.63) is 42.1 Å². The number of nitrogens with one attached hydrogen (secondary N) is 1. The minimum Gasteiger partial charge on any atom is -0.390 e. The molecule has 4 heterocycles. The number of benzene rings is 1. The third-order valence-electron chi connectivity index (χ3n) is 7.36. The molecule has 1 atom stereocenters. The number of fused-ring (bicyclic) bond motifs is 2. The maximum atomic E-state index is 14.0. The molecule has 0 spiro atoms. The maximum Gasteiger partial charge on any atom is 0.435 e. The average Bonchev–Trinajstić information content (AvgIpc) is 3.50. The molecule has 2 fully saturated rings. The minimum absolute atomic E-state index is 0.0142. The van der Waals surface area contributed by atoms with Crippen LogP contribution < -0.4 is 10.2 Å². The first kappa shape index (κ1) is 24.8. The van der Waals surface area contributed by atoms with Crippen molar-refractivity contribution in [2.45, 2.75) is 63.0 Å². The van der Waals surface area contributed by atoms with Crippen molar-refractivity contribution in [3.63, 3.8) is 0 Å². The lowest BCUT2D eigenvalue weighted by Crippen LogP contribution is -2.36. The van der Waals surface area contributed by atoms with E-state index in [1.165, 1.54) is 16.6 Å². The van der Waals surface area contributed by atoms with Crippen LogP contribution in [0, 0.1) is 0 Å². The van der Waals surface area contributed by atoms with E-state index in [4.69, 9.17) is 0 Å². The Morgan fingerprint density at radius 1 is 1.03 bits per heavy atom. The van der Waals surface area contributed by atoms with Crippen LogP contribution in [0.5, 0.6) is 0 Å². The van der Waals surface area contributed by atoms with Crippen molar-refractivity contribution in [2.75, 3.05) is 23.3 Å². The summed E-state index contributed by atoms with van der Waals surface area (Å²) < 4.78 is 57.6. The smallest absolute Gasteiger partial charge is 0.390 e. The van der Waals surface area contributed by atoms with E-state index in [0.717, 1.165) is 0 Å². The molecule has 0 radical (unpaired) electrons. The molecule has 1 aromatic carbocycles. The van der Waals surface area contributed by atoms with Gasteiger partial charge >= 0.3 is 6.18 Å². The summed E-state index contributed by atoms with van der Waals surface area (Å²) in [5.41, 5.74) is -1.47. The van der Waals surface area contributed by atoms with Gasteiger partial charge in [-0.25, -0.2) is 19.3 Å². The van der Waals surface area contributed by atoms with Crippen LogP contribution in [0.15, 0.2) is 36.4 Å². The minimum atomic E-state index is -4.74. The third kappa shape index (κ3) is 4.72. The molecule has 1 saturated carbocycles. The van der Waals surface area contributed by atoms with Crippen LogP contribution in [0.3, 0.4) is 0 Å². The van der Waals surface area contributed by atoms with Crippen LogP contribution in [0.1, 0.15) is 44.7 Å². The van der Waals surface area contributed by atoms with Crippen molar-refractivity contribution in [2.24, 2.45) is 0 Å². The van der Waals surface area contributed by atoms with Crippen LogP contribution in [0.4, 0.5) is 29.2 Å². The topological polar surface area (TPSA) is 91.5 Å². The number of anilines is 2. The third-order valence-corrected chi connectivity index (χ3v) is 7.36. The summed E-state index contributed by atoms with van der Waals surface area (Å²) >= 11 is 0. The Kier molecular flexibility index (Phi) is 5.89. The molecule has 200 valence electrons. The highest BCUT2D eigenvalue weighted by atomic mass is 19.4. The highest BCUT2D eigenvalue weighted by Crippen LogP contribution is 2.37. The quantitative estimate of drug-likeness (QED) is 0.359. The van der Waals surface area contributed by atoms with E-state index in [-0.39, 0.29) is 29.5 Å². The summed E-state index contributed by atoms with van der Waals surface area (Å²) in [5, 5.41) is 18.3. The Morgan fingerprint density at radius 2 is 1.74 bits per heavy atom. The molecule has 1 aliphatic heterocycles. The molecule has 0 bridgehead atoms. The number of aliphatic hydroxyl groups is 1. The first-order valence-electron chi connectivity index (χ1n) is 12.7. The molecule has 3 aromatic heterocycles. The molecule has 0 unspecified atom stereocenters. The van der Waals surface area contributed by atoms with Crippen LogP contribution in [0.2, 0.25) is 0 Å². The zero-order valence-corrected chi connectivity index (χ0v) is 20.7. The second kappa shape index (κ2) is 9.04. The number of halogens is 4. The van der Waals surface area contributed by atoms with Crippen LogP contribution in [-0.2, 0) is 6.18 Å². The lowest BCUT2D eigenvalue weighted by Gasteiger charge is -2.34. The molecule has 1 saturated heterocycles. The summed E-state index contributed by atoms with van der Waals surface area (Å²) in [4.78, 5) is 14.6. The van der Waals surface area contributed by atoms with E-state index in [2.05, 4.69) is 25.4 Å². The SMILES string of the molecule is CC1(O)CCC(Nc2cc(N3CC[C@@H](F)C3)nc3cc(-c4nc5ccccc5nc4C(F)(F)F)nn23)CC1. The standard InChI is InChI=1S/C26H27F4N7O/c1-25(38)9-6-16(7-10-25)31-22-13-20(36-11-8-15(27)14-36)34-21-12-19(35-37(21)22)23-24(26(28,29)30)33-18-5-3-2-4-17(18)32-23/h2-5,12-13,15-16,31,38H,6-11,14H2,1H3/t15-,16?,25?/m1/s1. The molecule has 0 amide bonds. The lowest BCUT2D eigenvalue weighted by atomic mass is 9.84. The normalized spacial score (nSPS) is 24.4. The second-order valence-electron chi connectivity index (χ2n) is 10.5. The van der Waals surface area contributed by atoms with E-state index in [9.17, 15) is 22.7 Å². The molecule has 6 rings (SSSR count). The Bertz CT molecular complexity index is 1490. The van der Waals surface area contributed by atoms with Gasteiger partial charge in [0.2, 0.25) is 0 Å². The fourth-order valence-corrected chi connectivity index (χ4v) is 5.24. The van der Waals surface area contributed by atoms with Gasteiger partial charge in [0.05, 0.1) is 23.2 Å². The largest absolute Gasteiger partial charge is 0.435 e. The molecule has 8 nitrogen and oxygen atoms in total. The summed E-state index contributed by atoms with van der Waals surface area (Å²) in [6, 6.07) is 9.61. The predicted octanol–water partition coefficient (Wildman–Crippen LogP) is 5.01. The summed E-state index contributed by atoms with van der Waals surface area (Å²) in [5.74, 6) is 1.06. The highest BCUT2D eigenvalue weighted by molar-refractivity contribution is 5.79. The number of hydrogen-bond donors (Lipinski definition) is 2. The molecule has 1 aliphatic carbocycles. The van der Waals surface area contributed by atoms with E-state index in [0.29, 0.717) is 61.4 Å². The Balaban J connectivity index is 1.47. The van der Waals surface area contributed by atoms with Gasteiger partial charge in [-0.1, -0.05) is 12.1 Å². The van der Waals surface area contributed by atoms with E-state index in [1.807, 2.05) is 11.8 Å². The molecule has 2 N–H and O–H groups in total. The van der Waals surface area contributed by atoms with Crippen molar-refractivity contribution < 1.29 is 22.7 Å². The Hall–Kier alpha value is -3.54. The fourth-order valence-electron chi connectivity index (χ4n) is 5.24. The average molecular weight is 530 g/mol. The van der Waals surface area contributed by atoms with E-state index >= 15 is 0 Å². The molecular weight excluding hydrogens is 502 g/mol. The summed E-state index contributed by atoms with van der Waals surface area (Å²) in [6.07, 6.45) is -2.66. The monoisotopic (exact) mass is 529 g/mol. The molecule has 38 heavy (non-hydrogen) atoms. The second-order valence-corrected chi connectivity index (χ2v) is 10.5. The van der Waals surface area contributed by atoms with Gasteiger partial charge in [-0.3, -0.25) is 0 Å². The number of rotatable bonds is 4. The van der Waals surface area contributed by atoms with Crippen LogP contribution >= 0.6 is 0 Å². The highest BCUT2D eigenvalue weighted by Gasteiger charge is 2.38. The van der Waals surface area contributed by atoms with Gasteiger partial charge in [0.1, 0.15) is 29.2 Å².